The smallest absolute Gasteiger partial charge is 0.240 e. The van der Waals surface area contributed by atoms with Gasteiger partial charge in [-0.1, -0.05) is 29.8 Å². The lowest BCUT2D eigenvalue weighted by molar-refractivity contribution is -0.122. The van der Waals surface area contributed by atoms with Crippen LogP contribution >= 0.6 is 0 Å². The number of hydrogen-bond donors (Lipinski definition) is 2. The van der Waals surface area contributed by atoms with Crippen molar-refractivity contribution in [1.82, 2.24) is 14.9 Å². The van der Waals surface area contributed by atoms with Gasteiger partial charge in [-0.05, 0) is 49.6 Å². The fraction of sp³-hybridized carbons (Fsp3) is 0.381. The molecule has 0 atom stereocenters. The Labute approximate surface area is 171 Å². The predicted molar refractivity (Wildman–Crippen MR) is 109 cm³/mol. The Hall–Kier alpha value is -2.29. The van der Waals surface area contributed by atoms with Gasteiger partial charge in [0, 0.05) is 25.7 Å². The van der Waals surface area contributed by atoms with Crippen LogP contribution in [0.25, 0.3) is 0 Å². The van der Waals surface area contributed by atoms with E-state index in [1.807, 2.05) is 36.1 Å². The van der Waals surface area contributed by atoms with E-state index in [2.05, 4.69) is 10.0 Å². The average molecular weight is 420 g/mol. The molecule has 1 heterocycles. The van der Waals surface area contributed by atoms with Gasteiger partial charge in [-0.25, -0.2) is 17.5 Å². The summed E-state index contributed by atoms with van der Waals surface area (Å²) in [5.74, 6) is -0.520. The van der Waals surface area contributed by atoms with Crippen molar-refractivity contribution < 1.29 is 17.6 Å². The van der Waals surface area contributed by atoms with E-state index in [1.54, 1.807) is 0 Å². The zero-order valence-electron chi connectivity index (χ0n) is 16.4. The number of benzene rings is 2. The number of piperidine rings is 1. The monoisotopic (exact) mass is 419 g/mol. The van der Waals surface area contributed by atoms with Crippen LogP contribution in [0, 0.1) is 12.7 Å². The Balaban J connectivity index is 1.42. The standard InChI is InChI=1S/C21H26FN3O3S/c1-16-2-4-17(5-3-16)14-23-21(26)15-25-12-10-19(11-13-25)24-29(27,28)20-8-6-18(22)7-9-20/h2-9,19,24H,10-15H2,1H3,(H,23,26). The summed E-state index contributed by atoms with van der Waals surface area (Å²) in [5, 5.41) is 2.92. The third kappa shape index (κ3) is 6.35. The van der Waals surface area contributed by atoms with E-state index >= 15 is 0 Å². The number of likely N-dealkylation sites (tertiary alicyclic amines) is 1. The summed E-state index contributed by atoms with van der Waals surface area (Å²) in [6.45, 7) is 4.07. The first-order valence-corrected chi connectivity index (χ1v) is 11.1. The van der Waals surface area contributed by atoms with Gasteiger partial charge in [-0.15, -0.1) is 0 Å². The third-order valence-electron chi connectivity index (χ3n) is 5.01. The van der Waals surface area contributed by atoms with Crippen molar-refractivity contribution in [3.63, 3.8) is 0 Å². The van der Waals surface area contributed by atoms with Gasteiger partial charge in [0.1, 0.15) is 5.82 Å². The van der Waals surface area contributed by atoms with Gasteiger partial charge >= 0.3 is 0 Å². The molecule has 2 aromatic rings. The molecule has 0 radical (unpaired) electrons. The van der Waals surface area contributed by atoms with E-state index in [4.69, 9.17) is 0 Å². The van der Waals surface area contributed by atoms with Crippen molar-refractivity contribution >= 4 is 15.9 Å². The number of rotatable bonds is 7. The number of sulfonamides is 1. The van der Waals surface area contributed by atoms with E-state index in [0.717, 1.165) is 17.7 Å². The molecular weight excluding hydrogens is 393 g/mol. The Morgan fingerprint density at radius 3 is 2.31 bits per heavy atom. The van der Waals surface area contributed by atoms with Gasteiger partial charge in [0.05, 0.1) is 11.4 Å². The molecule has 6 nitrogen and oxygen atoms in total. The van der Waals surface area contributed by atoms with Crippen LogP contribution < -0.4 is 10.0 Å². The van der Waals surface area contributed by atoms with Gasteiger partial charge in [0.15, 0.2) is 0 Å². The summed E-state index contributed by atoms with van der Waals surface area (Å²) in [7, 11) is -3.67. The SMILES string of the molecule is Cc1ccc(CNC(=O)CN2CCC(NS(=O)(=O)c3ccc(F)cc3)CC2)cc1. The van der Waals surface area contributed by atoms with Crippen LogP contribution in [0.1, 0.15) is 24.0 Å². The minimum absolute atomic E-state index is 0.0454. The summed E-state index contributed by atoms with van der Waals surface area (Å²) in [6.07, 6.45) is 1.23. The number of hydrogen-bond acceptors (Lipinski definition) is 4. The number of aryl methyl sites for hydroxylation is 1. The largest absolute Gasteiger partial charge is 0.351 e. The van der Waals surface area contributed by atoms with E-state index in [-0.39, 0.29) is 16.8 Å². The zero-order chi connectivity index (χ0) is 20.9. The normalized spacial score (nSPS) is 15.9. The highest BCUT2D eigenvalue weighted by Crippen LogP contribution is 2.15. The lowest BCUT2D eigenvalue weighted by atomic mass is 10.1. The Morgan fingerprint density at radius 2 is 1.69 bits per heavy atom. The molecule has 0 bridgehead atoms. The van der Waals surface area contributed by atoms with E-state index < -0.39 is 15.8 Å². The molecule has 1 fully saturated rings. The quantitative estimate of drug-likeness (QED) is 0.721. The second-order valence-corrected chi connectivity index (χ2v) is 9.10. The van der Waals surface area contributed by atoms with Gasteiger partial charge in [-0.3, -0.25) is 9.69 Å². The van der Waals surface area contributed by atoms with E-state index in [0.29, 0.717) is 39.0 Å². The zero-order valence-corrected chi connectivity index (χ0v) is 17.2. The number of carbonyl (C=O) groups is 1. The molecule has 1 saturated heterocycles. The third-order valence-corrected chi connectivity index (χ3v) is 6.55. The van der Waals surface area contributed by atoms with Crippen LogP contribution in [0.15, 0.2) is 53.4 Å². The summed E-state index contributed by atoms with van der Waals surface area (Å²) >= 11 is 0. The lowest BCUT2D eigenvalue weighted by Gasteiger charge is -2.31. The fourth-order valence-electron chi connectivity index (χ4n) is 3.28. The molecule has 3 rings (SSSR count). The van der Waals surface area contributed by atoms with Crippen molar-refractivity contribution in [2.75, 3.05) is 19.6 Å². The first kappa shape index (κ1) is 21.4. The number of amides is 1. The number of carbonyl (C=O) groups excluding carboxylic acids is 1. The van der Waals surface area contributed by atoms with Crippen LogP contribution in [0.4, 0.5) is 4.39 Å². The highest BCUT2D eigenvalue weighted by Gasteiger charge is 2.25. The summed E-state index contributed by atoms with van der Waals surface area (Å²) in [6, 6.07) is 12.6. The molecule has 0 unspecified atom stereocenters. The highest BCUT2D eigenvalue weighted by atomic mass is 32.2. The molecule has 0 aromatic heterocycles. The second-order valence-electron chi connectivity index (χ2n) is 7.39. The molecule has 0 spiro atoms. The van der Waals surface area contributed by atoms with E-state index in [9.17, 15) is 17.6 Å². The summed E-state index contributed by atoms with van der Waals surface area (Å²) in [4.78, 5) is 14.3. The van der Waals surface area contributed by atoms with Crippen LogP contribution in [0.3, 0.4) is 0 Å². The molecule has 1 aliphatic heterocycles. The molecule has 0 aliphatic carbocycles. The Morgan fingerprint density at radius 1 is 1.07 bits per heavy atom. The van der Waals surface area contributed by atoms with Crippen LogP contribution in [-0.4, -0.2) is 44.9 Å². The summed E-state index contributed by atoms with van der Waals surface area (Å²) < 4.78 is 40.5. The highest BCUT2D eigenvalue weighted by molar-refractivity contribution is 7.89. The first-order valence-electron chi connectivity index (χ1n) is 9.64. The van der Waals surface area contributed by atoms with Gasteiger partial charge in [0.2, 0.25) is 15.9 Å². The summed E-state index contributed by atoms with van der Waals surface area (Å²) in [5.41, 5.74) is 2.23. The molecule has 29 heavy (non-hydrogen) atoms. The maximum atomic E-state index is 13.0. The minimum atomic E-state index is -3.67. The molecule has 0 saturated carbocycles. The number of nitrogens with one attached hydrogen (secondary N) is 2. The topological polar surface area (TPSA) is 78.5 Å². The minimum Gasteiger partial charge on any atom is -0.351 e. The van der Waals surface area contributed by atoms with Gasteiger partial charge in [-0.2, -0.15) is 0 Å². The number of nitrogens with zero attached hydrogens (tertiary/aromatic N) is 1. The first-order chi connectivity index (χ1) is 13.8. The lowest BCUT2D eigenvalue weighted by Crippen LogP contribution is -2.47. The van der Waals surface area contributed by atoms with Gasteiger partial charge in [0.25, 0.3) is 0 Å². The second kappa shape index (κ2) is 9.47. The van der Waals surface area contributed by atoms with E-state index in [1.165, 1.54) is 17.7 Å². The Bertz CT molecular complexity index is 923. The maximum Gasteiger partial charge on any atom is 0.240 e. The molecule has 1 aliphatic rings. The van der Waals surface area contributed by atoms with Crippen molar-refractivity contribution in [2.45, 2.75) is 37.2 Å². The molecule has 1 amide bonds. The van der Waals surface area contributed by atoms with Crippen LogP contribution in [-0.2, 0) is 21.4 Å². The molecule has 2 N–H and O–H groups in total. The molecular formula is C21H26FN3O3S. The van der Waals surface area contributed by atoms with Crippen LogP contribution in [0.2, 0.25) is 0 Å². The van der Waals surface area contributed by atoms with Crippen molar-refractivity contribution in [3.8, 4) is 0 Å². The predicted octanol–water partition coefficient (Wildman–Crippen LogP) is 2.19. The van der Waals surface area contributed by atoms with Gasteiger partial charge < -0.3 is 5.32 Å². The number of halogens is 1. The Kier molecular flexibility index (Phi) is 7.00. The molecule has 2 aromatic carbocycles. The molecule has 8 heteroatoms. The molecule has 156 valence electrons. The van der Waals surface area contributed by atoms with Crippen molar-refractivity contribution in [3.05, 3.63) is 65.5 Å². The van der Waals surface area contributed by atoms with Crippen LogP contribution in [0.5, 0.6) is 0 Å². The fourth-order valence-corrected chi connectivity index (χ4v) is 4.58. The van der Waals surface area contributed by atoms with Crippen molar-refractivity contribution in [2.24, 2.45) is 0 Å². The maximum absolute atomic E-state index is 13.0. The van der Waals surface area contributed by atoms with Crippen molar-refractivity contribution in [1.29, 1.82) is 0 Å². The average Bonchev–Trinajstić information content (AvgIpc) is 2.69.